The van der Waals surface area contributed by atoms with E-state index in [4.69, 9.17) is 16.2 Å². The number of alkyl halides is 17. The lowest BCUT2D eigenvalue weighted by Crippen LogP contribution is -2.75. The van der Waals surface area contributed by atoms with Gasteiger partial charge in [0.05, 0.1) is 12.7 Å². The SMILES string of the molecule is CN(C/C=C/COC1CCCC(C(F)(F)C(F)(F)C(F)(F)C(F)(F)C(F)(F)C(F)(F)C(F)(F)C(F)(F)F)C1)C1CC(N)CCC1N. The van der Waals surface area contributed by atoms with Gasteiger partial charge in [-0.05, 0) is 45.6 Å². The average Bonchev–Trinajstić information content (AvgIpc) is 2.92. The minimum absolute atomic E-state index is 0.0629. The van der Waals surface area contributed by atoms with Crippen molar-refractivity contribution in [3.05, 3.63) is 12.2 Å². The molecule has 21 heteroatoms. The molecule has 0 aromatic heterocycles. The zero-order valence-corrected chi connectivity index (χ0v) is 23.8. The molecule has 0 radical (unpaired) electrons. The number of hydrogen-bond donors (Lipinski definition) is 2. The maximum absolute atomic E-state index is 14.7. The Hall–Kier alpha value is -1.61. The molecule has 4 nitrogen and oxygen atoms in total. The van der Waals surface area contributed by atoms with Crippen molar-refractivity contribution < 1.29 is 79.4 Å². The van der Waals surface area contributed by atoms with Crippen LogP contribution in [-0.2, 0) is 4.74 Å². The fourth-order valence-corrected chi connectivity index (χ4v) is 5.40. The molecule has 272 valence electrons. The molecule has 2 aliphatic rings. The van der Waals surface area contributed by atoms with Crippen molar-refractivity contribution in [2.24, 2.45) is 17.4 Å². The van der Waals surface area contributed by atoms with Crippen molar-refractivity contribution in [3.63, 3.8) is 0 Å². The van der Waals surface area contributed by atoms with E-state index in [0.29, 0.717) is 19.4 Å². The van der Waals surface area contributed by atoms with Gasteiger partial charge in [0.1, 0.15) is 0 Å². The molecule has 0 heterocycles. The fourth-order valence-electron chi connectivity index (χ4n) is 5.40. The molecule has 5 atom stereocenters. The summed E-state index contributed by atoms with van der Waals surface area (Å²) >= 11 is 0. The van der Waals surface area contributed by atoms with Gasteiger partial charge in [-0.2, -0.15) is 74.6 Å². The van der Waals surface area contributed by atoms with Crippen LogP contribution < -0.4 is 11.5 Å². The van der Waals surface area contributed by atoms with Gasteiger partial charge in [-0.25, -0.2) is 0 Å². The maximum atomic E-state index is 14.7. The van der Waals surface area contributed by atoms with Gasteiger partial charge in [0, 0.05) is 30.6 Å². The number of nitrogens with two attached hydrogens (primary N) is 2. The molecule has 2 rings (SSSR count). The van der Waals surface area contributed by atoms with Crippen LogP contribution in [0.4, 0.5) is 74.6 Å². The molecule has 2 saturated carbocycles. The first-order valence-electron chi connectivity index (χ1n) is 13.7. The molecular formula is C25H32F17N3O. The van der Waals surface area contributed by atoms with Gasteiger partial charge in [0.25, 0.3) is 0 Å². The van der Waals surface area contributed by atoms with Crippen LogP contribution in [0.5, 0.6) is 0 Å². The summed E-state index contributed by atoms with van der Waals surface area (Å²) in [4.78, 5) is 1.86. The van der Waals surface area contributed by atoms with Crippen molar-refractivity contribution in [2.75, 3.05) is 20.2 Å². The first-order chi connectivity index (χ1) is 20.5. The molecule has 0 saturated heterocycles. The fraction of sp³-hybridized carbons (Fsp3) is 0.920. The maximum Gasteiger partial charge on any atom is 0.460 e. The molecule has 0 bridgehead atoms. The number of ether oxygens (including phenoxy) is 1. The Kier molecular flexibility index (Phi) is 11.8. The smallest absolute Gasteiger partial charge is 0.374 e. The molecule has 0 spiro atoms. The largest absolute Gasteiger partial charge is 0.460 e. The summed E-state index contributed by atoms with van der Waals surface area (Å²) in [7, 11) is 1.74. The molecular weight excluding hydrogens is 681 g/mol. The summed E-state index contributed by atoms with van der Waals surface area (Å²) < 4.78 is 237. The lowest BCUT2D eigenvalue weighted by molar-refractivity contribution is -0.463. The predicted octanol–water partition coefficient (Wildman–Crippen LogP) is 7.27. The van der Waals surface area contributed by atoms with E-state index < -0.39 is 78.9 Å². The van der Waals surface area contributed by atoms with Gasteiger partial charge in [0.15, 0.2) is 0 Å². The average molecular weight is 714 g/mol. The third-order valence-corrected chi connectivity index (χ3v) is 8.35. The highest BCUT2D eigenvalue weighted by Gasteiger charge is 2.95. The van der Waals surface area contributed by atoms with Crippen molar-refractivity contribution in [1.82, 2.24) is 4.90 Å². The zero-order valence-electron chi connectivity index (χ0n) is 23.8. The van der Waals surface area contributed by atoms with E-state index in [1.165, 1.54) is 6.08 Å². The van der Waals surface area contributed by atoms with Gasteiger partial charge in [0.2, 0.25) is 0 Å². The monoisotopic (exact) mass is 713 g/mol. The van der Waals surface area contributed by atoms with Crippen LogP contribution in [-0.4, -0.2) is 97.0 Å². The molecule has 0 aromatic carbocycles. The second kappa shape index (κ2) is 13.4. The third kappa shape index (κ3) is 6.93. The highest BCUT2D eigenvalue weighted by molar-refractivity contribution is 5.16. The van der Waals surface area contributed by atoms with E-state index in [2.05, 4.69) is 0 Å². The Balaban J connectivity index is 2.17. The van der Waals surface area contributed by atoms with Gasteiger partial charge in [-0.3, -0.25) is 4.90 Å². The minimum Gasteiger partial charge on any atom is -0.374 e. The van der Waals surface area contributed by atoms with Crippen LogP contribution >= 0.6 is 0 Å². The van der Waals surface area contributed by atoms with E-state index in [9.17, 15) is 74.6 Å². The summed E-state index contributed by atoms with van der Waals surface area (Å²) in [6.07, 6.45) is -7.24. The van der Waals surface area contributed by atoms with Gasteiger partial charge in [-0.15, -0.1) is 0 Å². The van der Waals surface area contributed by atoms with Gasteiger partial charge in [-0.1, -0.05) is 18.6 Å². The third-order valence-electron chi connectivity index (χ3n) is 8.35. The normalized spacial score (nSPS) is 27.1. The predicted molar refractivity (Wildman–Crippen MR) is 128 cm³/mol. The quantitative estimate of drug-likeness (QED) is 0.156. The van der Waals surface area contributed by atoms with E-state index in [-0.39, 0.29) is 31.2 Å². The Labute approximate surface area is 251 Å². The van der Waals surface area contributed by atoms with Crippen LogP contribution in [0.15, 0.2) is 12.2 Å². The highest BCUT2D eigenvalue weighted by Crippen LogP contribution is 2.65. The Morgan fingerprint density at radius 3 is 1.65 bits per heavy atom. The number of likely N-dealkylation sites (N-methyl/N-ethyl adjacent to an activating group) is 1. The van der Waals surface area contributed by atoms with Crippen molar-refractivity contribution >= 4 is 0 Å². The first kappa shape index (κ1) is 40.6. The molecule has 0 aliphatic heterocycles. The molecule has 0 aromatic rings. The topological polar surface area (TPSA) is 64.5 Å². The number of nitrogens with zero attached hydrogens (tertiary/aromatic N) is 1. The standard InChI is InChI=1S/C25H32F17N3O/c1-45(17-12-14(43)7-8-16(17)44)9-2-3-10-46-15-6-4-5-13(11-15)18(26,27)19(28,29)20(30,31)21(32,33)22(34,35)23(36,37)24(38,39)25(40,41)42/h2-3,13-17H,4-12,43-44H2,1H3/b3-2+. The van der Waals surface area contributed by atoms with Crippen molar-refractivity contribution in [1.29, 1.82) is 0 Å². The summed E-state index contributed by atoms with van der Waals surface area (Å²) in [6.45, 7) is -0.0553. The van der Waals surface area contributed by atoms with Gasteiger partial charge < -0.3 is 16.2 Å². The Bertz CT molecular complexity index is 1050. The van der Waals surface area contributed by atoms with Crippen LogP contribution in [0.25, 0.3) is 0 Å². The number of hydrogen-bond acceptors (Lipinski definition) is 4. The zero-order chi connectivity index (χ0) is 35.9. The number of halogens is 17. The van der Waals surface area contributed by atoms with Gasteiger partial charge >= 0.3 is 47.6 Å². The summed E-state index contributed by atoms with van der Waals surface area (Å²) in [6, 6.07) is -0.300. The van der Waals surface area contributed by atoms with Crippen LogP contribution in [0.1, 0.15) is 44.9 Å². The van der Waals surface area contributed by atoms with E-state index in [1.54, 1.807) is 13.1 Å². The summed E-state index contributed by atoms with van der Waals surface area (Å²) in [5, 5.41) is 0. The molecule has 46 heavy (non-hydrogen) atoms. The molecule has 0 amide bonds. The second-order valence-corrected chi connectivity index (χ2v) is 11.6. The lowest BCUT2D eigenvalue weighted by atomic mass is 9.78. The van der Waals surface area contributed by atoms with Crippen molar-refractivity contribution in [3.8, 4) is 0 Å². The Morgan fingerprint density at radius 1 is 0.630 bits per heavy atom. The number of rotatable bonds is 13. The minimum atomic E-state index is -8.63. The first-order valence-corrected chi connectivity index (χ1v) is 13.7. The van der Waals surface area contributed by atoms with E-state index in [0.717, 1.165) is 6.42 Å². The Morgan fingerprint density at radius 2 is 1.13 bits per heavy atom. The second-order valence-electron chi connectivity index (χ2n) is 11.6. The van der Waals surface area contributed by atoms with Crippen LogP contribution in [0.2, 0.25) is 0 Å². The van der Waals surface area contributed by atoms with Crippen LogP contribution in [0, 0.1) is 5.92 Å². The summed E-state index contributed by atoms with van der Waals surface area (Å²) in [5.41, 5.74) is 12.0. The van der Waals surface area contributed by atoms with Crippen molar-refractivity contribution in [2.45, 2.75) is 117 Å². The molecule has 5 unspecified atom stereocenters. The summed E-state index contributed by atoms with van der Waals surface area (Å²) in [5.74, 6) is -59.3. The van der Waals surface area contributed by atoms with E-state index >= 15 is 0 Å². The van der Waals surface area contributed by atoms with E-state index in [1.807, 2.05) is 4.90 Å². The lowest BCUT2D eigenvalue weighted by Gasteiger charge is -2.45. The molecule has 4 N–H and O–H groups in total. The highest BCUT2D eigenvalue weighted by atomic mass is 19.4. The van der Waals surface area contributed by atoms with Crippen LogP contribution in [0.3, 0.4) is 0 Å². The molecule has 2 aliphatic carbocycles. The molecule has 2 fully saturated rings.